The van der Waals surface area contributed by atoms with Crippen LogP contribution < -0.4 is 0 Å². The maximum absolute atomic E-state index is 12.4. The highest BCUT2D eigenvalue weighted by Gasteiger charge is 2.25. The van der Waals surface area contributed by atoms with Gasteiger partial charge in [0.05, 0.1) is 18.8 Å². The summed E-state index contributed by atoms with van der Waals surface area (Å²) in [4.78, 5) is 45.1. The predicted molar refractivity (Wildman–Crippen MR) is 95.1 cm³/mol. The fourth-order valence-corrected chi connectivity index (χ4v) is 2.78. The molecule has 1 aliphatic rings. The Balaban J connectivity index is 1.79. The van der Waals surface area contributed by atoms with Crippen molar-refractivity contribution < 1.29 is 19.1 Å². The number of hydrogen-bond donors (Lipinski definition) is 0. The molecule has 0 aromatic carbocycles. The molecule has 26 heavy (non-hydrogen) atoms. The Morgan fingerprint density at radius 3 is 2.42 bits per heavy atom. The molecule has 0 spiro atoms. The lowest BCUT2D eigenvalue weighted by Gasteiger charge is -2.34. The number of hydrogen-bond acceptors (Lipinski definition) is 5. The predicted octanol–water partition coefficient (Wildman–Crippen LogP) is 1.12. The molecule has 8 nitrogen and oxygen atoms in total. The number of ether oxygens (including phenoxy) is 1. The van der Waals surface area contributed by atoms with E-state index in [0.29, 0.717) is 45.9 Å². The first-order chi connectivity index (χ1) is 12.5. The highest BCUT2D eigenvalue weighted by Crippen LogP contribution is 2.08. The van der Waals surface area contributed by atoms with Gasteiger partial charge in [0, 0.05) is 52.3 Å². The van der Waals surface area contributed by atoms with E-state index in [-0.39, 0.29) is 24.3 Å². The molecular weight excluding hydrogens is 336 g/mol. The molecule has 0 saturated carbocycles. The average Bonchev–Trinajstić information content (AvgIpc) is 2.65. The van der Waals surface area contributed by atoms with Gasteiger partial charge in [-0.2, -0.15) is 0 Å². The minimum Gasteiger partial charge on any atom is -0.450 e. The van der Waals surface area contributed by atoms with Crippen molar-refractivity contribution in [3.05, 3.63) is 30.1 Å². The number of pyridine rings is 1. The summed E-state index contributed by atoms with van der Waals surface area (Å²) < 4.78 is 4.97. The maximum atomic E-state index is 12.4. The van der Waals surface area contributed by atoms with E-state index in [9.17, 15) is 14.4 Å². The van der Waals surface area contributed by atoms with Gasteiger partial charge in [-0.05, 0) is 19.1 Å². The Bertz CT molecular complexity index is 615. The SMILES string of the molecule is CCOC(=O)N1CCN(C(=O)CCN(Cc2ccccn2)C(C)=O)CC1. The lowest BCUT2D eigenvalue weighted by atomic mass is 10.2. The van der Waals surface area contributed by atoms with Crippen LogP contribution >= 0.6 is 0 Å². The van der Waals surface area contributed by atoms with E-state index in [2.05, 4.69) is 4.98 Å². The van der Waals surface area contributed by atoms with Gasteiger partial charge >= 0.3 is 6.09 Å². The lowest BCUT2D eigenvalue weighted by molar-refractivity contribution is -0.135. The number of piperazine rings is 1. The molecule has 0 bridgehead atoms. The number of nitrogens with zero attached hydrogens (tertiary/aromatic N) is 4. The van der Waals surface area contributed by atoms with Gasteiger partial charge in [-0.25, -0.2) is 4.79 Å². The summed E-state index contributed by atoms with van der Waals surface area (Å²) in [7, 11) is 0. The number of carbonyl (C=O) groups excluding carboxylic acids is 3. The molecule has 1 saturated heterocycles. The largest absolute Gasteiger partial charge is 0.450 e. The first-order valence-electron chi connectivity index (χ1n) is 8.86. The summed E-state index contributed by atoms with van der Waals surface area (Å²) >= 11 is 0. The Hall–Kier alpha value is -2.64. The van der Waals surface area contributed by atoms with Gasteiger partial charge in [0.2, 0.25) is 11.8 Å². The average molecular weight is 362 g/mol. The number of carbonyl (C=O) groups is 3. The van der Waals surface area contributed by atoms with Crippen LogP contribution in [0.1, 0.15) is 26.0 Å². The first-order valence-corrected chi connectivity index (χ1v) is 8.86. The fraction of sp³-hybridized carbons (Fsp3) is 0.556. The monoisotopic (exact) mass is 362 g/mol. The third kappa shape index (κ3) is 5.72. The summed E-state index contributed by atoms with van der Waals surface area (Å²) in [5.41, 5.74) is 0.790. The van der Waals surface area contributed by atoms with Crippen molar-refractivity contribution >= 4 is 17.9 Å². The van der Waals surface area contributed by atoms with Gasteiger partial charge in [0.25, 0.3) is 0 Å². The van der Waals surface area contributed by atoms with Crippen molar-refractivity contribution in [1.82, 2.24) is 19.7 Å². The summed E-state index contributed by atoms with van der Waals surface area (Å²) in [6.07, 6.45) is 1.60. The highest BCUT2D eigenvalue weighted by molar-refractivity contribution is 5.78. The second-order valence-corrected chi connectivity index (χ2v) is 6.08. The van der Waals surface area contributed by atoms with Crippen molar-refractivity contribution in [2.24, 2.45) is 0 Å². The summed E-state index contributed by atoms with van der Waals surface area (Å²) in [6.45, 7) is 6.24. The zero-order valence-corrected chi connectivity index (χ0v) is 15.4. The summed E-state index contributed by atoms with van der Waals surface area (Å²) in [6, 6.07) is 5.54. The quantitative estimate of drug-likeness (QED) is 0.757. The van der Waals surface area contributed by atoms with E-state index in [1.54, 1.807) is 27.8 Å². The highest BCUT2D eigenvalue weighted by atomic mass is 16.6. The van der Waals surface area contributed by atoms with Crippen LogP contribution in [0.3, 0.4) is 0 Å². The van der Waals surface area contributed by atoms with Crippen molar-refractivity contribution in [2.45, 2.75) is 26.8 Å². The number of rotatable bonds is 6. The van der Waals surface area contributed by atoms with Crippen molar-refractivity contribution in [2.75, 3.05) is 39.3 Å². The van der Waals surface area contributed by atoms with Gasteiger partial charge in [0.1, 0.15) is 0 Å². The van der Waals surface area contributed by atoms with E-state index in [0.717, 1.165) is 5.69 Å². The van der Waals surface area contributed by atoms with Gasteiger partial charge < -0.3 is 19.4 Å². The van der Waals surface area contributed by atoms with Crippen LogP contribution in [-0.2, 0) is 20.9 Å². The van der Waals surface area contributed by atoms with Crippen molar-refractivity contribution in [1.29, 1.82) is 0 Å². The lowest BCUT2D eigenvalue weighted by Crippen LogP contribution is -2.51. The molecular formula is C18H26N4O4. The minimum atomic E-state index is -0.335. The topological polar surface area (TPSA) is 83.1 Å². The third-order valence-electron chi connectivity index (χ3n) is 4.28. The van der Waals surface area contributed by atoms with Crippen LogP contribution in [0.4, 0.5) is 4.79 Å². The molecule has 1 aromatic heterocycles. The van der Waals surface area contributed by atoms with Crippen molar-refractivity contribution in [3.63, 3.8) is 0 Å². The molecule has 0 atom stereocenters. The molecule has 0 radical (unpaired) electrons. The second-order valence-electron chi connectivity index (χ2n) is 6.08. The van der Waals surface area contributed by atoms with Gasteiger partial charge in [-0.1, -0.05) is 6.07 Å². The van der Waals surface area contributed by atoms with Crippen LogP contribution in [0.15, 0.2) is 24.4 Å². The normalized spacial score (nSPS) is 14.1. The fourth-order valence-electron chi connectivity index (χ4n) is 2.78. The summed E-state index contributed by atoms with van der Waals surface area (Å²) in [5.74, 6) is -0.101. The van der Waals surface area contributed by atoms with E-state index in [1.165, 1.54) is 6.92 Å². The Morgan fingerprint density at radius 2 is 1.85 bits per heavy atom. The zero-order valence-electron chi connectivity index (χ0n) is 15.4. The Labute approximate surface area is 153 Å². The van der Waals surface area contributed by atoms with Crippen LogP contribution in [0.5, 0.6) is 0 Å². The standard InChI is InChI=1S/C18H26N4O4/c1-3-26-18(25)21-12-10-20(11-13-21)17(24)7-9-22(15(2)23)14-16-6-4-5-8-19-16/h4-6,8H,3,7,9-14H2,1-2H3. The molecule has 8 heteroatoms. The van der Waals surface area contributed by atoms with Gasteiger partial charge in [0.15, 0.2) is 0 Å². The molecule has 0 unspecified atom stereocenters. The second kappa shape index (κ2) is 9.74. The van der Waals surface area contributed by atoms with Gasteiger partial charge in [-0.3, -0.25) is 14.6 Å². The van der Waals surface area contributed by atoms with E-state index in [4.69, 9.17) is 4.74 Å². The van der Waals surface area contributed by atoms with Crippen molar-refractivity contribution in [3.8, 4) is 0 Å². The summed E-state index contributed by atoms with van der Waals surface area (Å²) in [5, 5.41) is 0. The van der Waals surface area contributed by atoms with E-state index < -0.39 is 0 Å². The van der Waals surface area contributed by atoms with Crippen LogP contribution in [0, 0.1) is 0 Å². The van der Waals surface area contributed by atoms with Crippen LogP contribution in [0.25, 0.3) is 0 Å². The molecule has 1 fully saturated rings. The maximum Gasteiger partial charge on any atom is 0.409 e. The molecule has 0 N–H and O–H groups in total. The number of aromatic nitrogens is 1. The molecule has 2 heterocycles. The smallest absolute Gasteiger partial charge is 0.409 e. The van der Waals surface area contributed by atoms with Crippen LogP contribution in [0.2, 0.25) is 0 Å². The van der Waals surface area contributed by atoms with Gasteiger partial charge in [-0.15, -0.1) is 0 Å². The minimum absolute atomic E-state index is 0.0132. The molecule has 0 aliphatic carbocycles. The van der Waals surface area contributed by atoms with Crippen LogP contribution in [-0.4, -0.2) is 76.9 Å². The first kappa shape index (κ1) is 19.7. The Morgan fingerprint density at radius 1 is 1.15 bits per heavy atom. The van der Waals surface area contributed by atoms with E-state index in [1.807, 2.05) is 18.2 Å². The molecule has 1 aliphatic heterocycles. The number of amides is 3. The molecule has 2 rings (SSSR count). The van der Waals surface area contributed by atoms with E-state index >= 15 is 0 Å². The zero-order chi connectivity index (χ0) is 18.9. The molecule has 1 aromatic rings. The molecule has 142 valence electrons. The Kier molecular flexibility index (Phi) is 7.37. The molecule has 3 amide bonds. The third-order valence-corrected chi connectivity index (χ3v) is 4.28.